The number of unbranched alkanes of at least 4 members (excludes halogenated alkanes) is 3. The first-order valence-electron chi connectivity index (χ1n) is 6.27. The third kappa shape index (κ3) is 2.80. The van der Waals surface area contributed by atoms with Gasteiger partial charge in [-0.2, -0.15) is 0 Å². The molecule has 1 aliphatic heterocycles. The summed E-state index contributed by atoms with van der Waals surface area (Å²) in [7, 11) is 0. The Hall–Kier alpha value is -1.16. The summed E-state index contributed by atoms with van der Waals surface area (Å²) in [5.74, 6) is -0.512. The number of alkyl halides is 1. The maximum atomic E-state index is 11.7. The van der Waals surface area contributed by atoms with E-state index in [4.69, 9.17) is 0 Å². The smallest absolute Gasteiger partial charge is 0.259 e. The minimum absolute atomic E-state index is 0.244. The van der Waals surface area contributed by atoms with E-state index in [0.717, 1.165) is 30.2 Å². The topological polar surface area (TPSA) is 46.2 Å². The second-order valence-electron chi connectivity index (χ2n) is 4.48. The summed E-state index contributed by atoms with van der Waals surface area (Å²) < 4.78 is 0. The standard InChI is InChI=1S/C14H16BrNO2/c15-9-4-2-1-3-6-10-7-5-8-11-12(10)14(18)16-13(11)17/h5,7-8H,1-4,6,9H2,(H,16,17,18). The Labute approximate surface area is 115 Å². The van der Waals surface area contributed by atoms with Crippen molar-refractivity contribution in [1.29, 1.82) is 0 Å². The number of hydrogen-bond donors (Lipinski definition) is 1. The van der Waals surface area contributed by atoms with Crippen LogP contribution in [0.5, 0.6) is 0 Å². The molecule has 2 amide bonds. The summed E-state index contributed by atoms with van der Waals surface area (Å²) >= 11 is 3.41. The van der Waals surface area contributed by atoms with Crippen molar-refractivity contribution in [2.75, 3.05) is 5.33 Å². The van der Waals surface area contributed by atoms with Gasteiger partial charge in [-0.1, -0.05) is 40.9 Å². The number of fused-ring (bicyclic) bond motifs is 1. The highest BCUT2D eigenvalue weighted by atomic mass is 79.9. The van der Waals surface area contributed by atoms with E-state index in [-0.39, 0.29) is 11.8 Å². The molecule has 0 radical (unpaired) electrons. The predicted octanol–water partition coefficient (Wildman–Crippen LogP) is 3.07. The van der Waals surface area contributed by atoms with Crippen LogP contribution in [0.2, 0.25) is 0 Å². The molecule has 2 rings (SSSR count). The van der Waals surface area contributed by atoms with Crippen LogP contribution in [0.3, 0.4) is 0 Å². The minimum atomic E-state index is -0.267. The van der Waals surface area contributed by atoms with Gasteiger partial charge in [0, 0.05) is 5.33 Å². The zero-order chi connectivity index (χ0) is 13.0. The van der Waals surface area contributed by atoms with Gasteiger partial charge in [-0.25, -0.2) is 0 Å². The fraction of sp³-hybridized carbons (Fsp3) is 0.429. The Morgan fingerprint density at radius 1 is 1.00 bits per heavy atom. The Balaban J connectivity index is 2.02. The molecule has 0 aliphatic carbocycles. The van der Waals surface area contributed by atoms with Crippen molar-refractivity contribution in [2.24, 2.45) is 0 Å². The van der Waals surface area contributed by atoms with E-state index < -0.39 is 0 Å². The molecule has 1 N–H and O–H groups in total. The average Bonchev–Trinajstić information content (AvgIpc) is 2.66. The zero-order valence-corrected chi connectivity index (χ0v) is 11.8. The summed E-state index contributed by atoms with van der Waals surface area (Å²) in [6.07, 6.45) is 5.47. The number of imide groups is 1. The lowest BCUT2D eigenvalue weighted by atomic mass is 9.98. The number of amides is 2. The van der Waals surface area contributed by atoms with Crippen molar-refractivity contribution >= 4 is 27.7 Å². The maximum Gasteiger partial charge on any atom is 0.259 e. The summed E-state index contributed by atoms with van der Waals surface area (Å²) in [6.45, 7) is 0. The first kappa shape index (κ1) is 13.3. The van der Waals surface area contributed by atoms with E-state index in [1.54, 1.807) is 6.07 Å². The number of carbonyl (C=O) groups excluding carboxylic acids is 2. The van der Waals surface area contributed by atoms with Crippen molar-refractivity contribution in [3.05, 3.63) is 34.9 Å². The molecule has 18 heavy (non-hydrogen) atoms. The van der Waals surface area contributed by atoms with Crippen LogP contribution in [0.15, 0.2) is 18.2 Å². The van der Waals surface area contributed by atoms with Gasteiger partial charge in [-0.05, 0) is 30.9 Å². The van der Waals surface area contributed by atoms with Crippen molar-refractivity contribution in [2.45, 2.75) is 32.1 Å². The number of halogens is 1. The molecule has 0 unspecified atom stereocenters. The molecule has 0 saturated carbocycles. The third-order valence-corrected chi connectivity index (χ3v) is 3.74. The second-order valence-corrected chi connectivity index (χ2v) is 5.27. The van der Waals surface area contributed by atoms with Crippen LogP contribution < -0.4 is 5.32 Å². The molecule has 0 aromatic heterocycles. The molecule has 1 heterocycles. The zero-order valence-electron chi connectivity index (χ0n) is 10.2. The molecule has 1 aromatic rings. The molecule has 0 spiro atoms. The van der Waals surface area contributed by atoms with Gasteiger partial charge in [0.1, 0.15) is 0 Å². The van der Waals surface area contributed by atoms with E-state index in [2.05, 4.69) is 21.2 Å². The van der Waals surface area contributed by atoms with Gasteiger partial charge in [0.05, 0.1) is 11.1 Å². The van der Waals surface area contributed by atoms with Crippen molar-refractivity contribution in [3.63, 3.8) is 0 Å². The monoisotopic (exact) mass is 309 g/mol. The molecule has 0 bridgehead atoms. The van der Waals surface area contributed by atoms with Gasteiger partial charge >= 0.3 is 0 Å². The number of nitrogens with one attached hydrogen (secondary N) is 1. The fourth-order valence-corrected chi connectivity index (χ4v) is 2.66. The second kappa shape index (κ2) is 6.14. The van der Waals surface area contributed by atoms with Crippen molar-refractivity contribution in [1.82, 2.24) is 5.32 Å². The van der Waals surface area contributed by atoms with Crippen molar-refractivity contribution < 1.29 is 9.59 Å². The fourth-order valence-electron chi connectivity index (χ4n) is 2.26. The summed E-state index contributed by atoms with van der Waals surface area (Å²) in [4.78, 5) is 23.2. The van der Waals surface area contributed by atoms with Gasteiger partial charge in [-0.3, -0.25) is 14.9 Å². The van der Waals surface area contributed by atoms with E-state index in [9.17, 15) is 9.59 Å². The van der Waals surface area contributed by atoms with Gasteiger partial charge in [0.2, 0.25) is 0 Å². The number of aryl methyl sites for hydroxylation is 1. The van der Waals surface area contributed by atoms with Crippen LogP contribution in [0.25, 0.3) is 0 Å². The molecule has 0 atom stereocenters. The summed E-state index contributed by atoms with van der Waals surface area (Å²) in [6, 6.07) is 5.51. The molecule has 0 fully saturated rings. The number of rotatable bonds is 6. The molecule has 1 aromatic carbocycles. The Morgan fingerprint density at radius 2 is 1.78 bits per heavy atom. The van der Waals surface area contributed by atoms with E-state index in [1.165, 1.54) is 12.8 Å². The molecule has 0 saturated heterocycles. The van der Waals surface area contributed by atoms with E-state index in [1.807, 2.05) is 12.1 Å². The maximum absolute atomic E-state index is 11.7. The molecular weight excluding hydrogens is 294 g/mol. The van der Waals surface area contributed by atoms with Crippen LogP contribution in [0.4, 0.5) is 0 Å². The normalized spacial score (nSPS) is 13.6. The van der Waals surface area contributed by atoms with Crippen LogP contribution >= 0.6 is 15.9 Å². The number of benzene rings is 1. The van der Waals surface area contributed by atoms with Crippen LogP contribution in [-0.4, -0.2) is 17.1 Å². The third-order valence-electron chi connectivity index (χ3n) is 3.18. The number of carbonyl (C=O) groups is 2. The first-order valence-corrected chi connectivity index (χ1v) is 7.39. The summed E-state index contributed by atoms with van der Waals surface area (Å²) in [5, 5.41) is 3.40. The molecule has 96 valence electrons. The molecule has 4 heteroatoms. The Kier molecular flexibility index (Phi) is 4.53. The van der Waals surface area contributed by atoms with Crippen molar-refractivity contribution in [3.8, 4) is 0 Å². The van der Waals surface area contributed by atoms with Crippen LogP contribution in [0.1, 0.15) is 52.0 Å². The number of hydrogen-bond acceptors (Lipinski definition) is 2. The Bertz CT molecular complexity index is 471. The SMILES string of the molecule is O=C1NC(=O)c2c(CCCCCCBr)cccc21. The minimum Gasteiger partial charge on any atom is -0.288 e. The highest BCUT2D eigenvalue weighted by Gasteiger charge is 2.28. The highest BCUT2D eigenvalue weighted by Crippen LogP contribution is 2.21. The van der Waals surface area contributed by atoms with E-state index >= 15 is 0 Å². The first-order chi connectivity index (χ1) is 8.74. The van der Waals surface area contributed by atoms with Crippen LogP contribution in [-0.2, 0) is 6.42 Å². The lowest BCUT2D eigenvalue weighted by Gasteiger charge is -2.05. The lowest BCUT2D eigenvalue weighted by molar-refractivity contribution is 0.0879. The van der Waals surface area contributed by atoms with E-state index in [0.29, 0.717) is 11.1 Å². The molecule has 1 aliphatic rings. The van der Waals surface area contributed by atoms with Gasteiger partial charge in [-0.15, -0.1) is 0 Å². The van der Waals surface area contributed by atoms with Gasteiger partial charge in [0.15, 0.2) is 0 Å². The molecular formula is C14H16BrNO2. The Morgan fingerprint density at radius 3 is 2.56 bits per heavy atom. The molecule has 3 nitrogen and oxygen atoms in total. The van der Waals surface area contributed by atoms with Crippen LogP contribution in [0, 0.1) is 0 Å². The quantitative estimate of drug-likeness (QED) is 0.499. The largest absolute Gasteiger partial charge is 0.288 e. The predicted molar refractivity (Wildman–Crippen MR) is 74.2 cm³/mol. The lowest BCUT2D eigenvalue weighted by Crippen LogP contribution is -2.20. The average molecular weight is 310 g/mol. The summed E-state index contributed by atoms with van der Waals surface area (Å²) in [5.41, 5.74) is 2.11. The van der Waals surface area contributed by atoms with Gasteiger partial charge in [0.25, 0.3) is 11.8 Å². The van der Waals surface area contributed by atoms with Gasteiger partial charge < -0.3 is 0 Å². The highest BCUT2D eigenvalue weighted by molar-refractivity contribution is 9.09.